The Hall–Kier alpha value is -1.62. The highest BCUT2D eigenvalue weighted by Gasteiger charge is 2.40. The van der Waals surface area contributed by atoms with E-state index in [0.29, 0.717) is 23.7 Å². The fourth-order valence-corrected chi connectivity index (χ4v) is 3.11. The average Bonchev–Trinajstić information content (AvgIpc) is 2.87. The van der Waals surface area contributed by atoms with Crippen LogP contribution < -0.4 is 4.90 Å². The summed E-state index contributed by atoms with van der Waals surface area (Å²) >= 11 is 6.07. The minimum atomic E-state index is -0.448. The van der Waals surface area contributed by atoms with Crippen LogP contribution in [0.4, 0.5) is 10.1 Å². The summed E-state index contributed by atoms with van der Waals surface area (Å²) in [5.74, 6) is -0.632. The summed E-state index contributed by atoms with van der Waals surface area (Å²) in [6.45, 7) is 0.869. The van der Waals surface area contributed by atoms with Crippen LogP contribution in [0, 0.1) is 5.82 Å². The standard InChI is InChI=1S/C14H14ClFN2O2/c15-10-4-3-9(16)8-12(10)18-7-5-13(19)17-6-1-2-11(17)14(18)20/h3-4,8,11H,1-2,5-7H2. The first-order valence-electron chi connectivity index (χ1n) is 6.64. The maximum absolute atomic E-state index is 13.4. The molecule has 0 radical (unpaired) electrons. The molecular formula is C14H14ClFN2O2. The Morgan fingerprint density at radius 2 is 2.05 bits per heavy atom. The van der Waals surface area contributed by atoms with E-state index in [0.717, 1.165) is 6.42 Å². The van der Waals surface area contributed by atoms with Crippen molar-refractivity contribution in [2.45, 2.75) is 25.3 Å². The molecule has 0 saturated carbocycles. The van der Waals surface area contributed by atoms with Crippen molar-refractivity contribution in [1.29, 1.82) is 0 Å². The number of carbonyl (C=O) groups excluding carboxylic acids is 2. The molecule has 0 bridgehead atoms. The summed E-state index contributed by atoms with van der Waals surface area (Å²) in [5, 5.41) is 0.318. The second kappa shape index (κ2) is 5.05. The van der Waals surface area contributed by atoms with Gasteiger partial charge in [-0.3, -0.25) is 9.59 Å². The molecule has 6 heteroatoms. The Kier molecular flexibility index (Phi) is 3.38. The molecule has 0 spiro atoms. The molecule has 2 amide bonds. The lowest BCUT2D eigenvalue weighted by molar-refractivity contribution is -0.135. The lowest BCUT2D eigenvalue weighted by Gasteiger charge is -2.25. The van der Waals surface area contributed by atoms with Crippen molar-refractivity contribution in [1.82, 2.24) is 4.90 Å². The molecule has 0 aromatic heterocycles. The highest BCUT2D eigenvalue weighted by atomic mass is 35.5. The Balaban J connectivity index is 1.98. The monoisotopic (exact) mass is 296 g/mol. The van der Waals surface area contributed by atoms with E-state index in [-0.39, 0.29) is 24.8 Å². The molecule has 3 rings (SSSR count). The third-order valence-electron chi connectivity index (χ3n) is 3.87. The second-order valence-electron chi connectivity index (χ2n) is 5.08. The lowest BCUT2D eigenvalue weighted by atomic mass is 10.2. The van der Waals surface area contributed by atoms with Gasteiger partial charge in [-0.2, -0.15) is 0 Å². The van der Waals surface area contributed by atoms with E-state index < -0.39 is 11.9 Å². The Bertz CT molecular complexity index is 578. The first-order chi connectivity index (χ1) is 9.58. The topological polar surface area (TPSA) is 40.6 Å². The van der Waals surface area contributed by atoms with Crippen molar-refractivity contribution >= 4 is 29.1 Å². The quantitative estimate of drug-likeness (QED) is 0.797. The molecule has 0 aliphatic carbocycles. The van der Waals surface area contributed by atoms with E-state index in [9.17, 15) is 14.0 Å². The van der Waals surface area contributed by atoms with Crippen molar-refractivity contribution in [3.05, 3.63) is 29.0 Å². The summed E-state index contributed by atoms with van der Waals surface area (Å²) < 4.78 is 13.4. The third-order valence-corrected chi connectivity index (χ3v) is 4.19. The molecule has 20 heavy (non-hydrogen) atoms. The summed E-state index contributed by atoms with van der Waals surface area (Å²) in [5.41, 5.74) is 0.346. The molecule has 1 atom stereocenters. The van der Waals surface area contributed by atoms with Crippen LogP contribution in [0.15, 0.2) is 18.2 Å². The average molecular weight is 297 g/mol. The summed E-state index contributed by atoms with van der Waals surface area (Å²) in [4.78, 5) is 27.7. The molecule has 106 valence electrons. The number of rotatable bonds is 1. The van der Waals surface area contributed by atoms with Gasteiger partial charge in [0.25, 0.3) is 0 Å². The number of benzene rings is 1. The van der Waals surface area contributed by atoms with Crippen molar-refractivity contribution in [2.75, 3.05) is 18.0 Å². The predicted octanol–water partition coefficient (Wildman–Crippen LogP) is 2.21. The van der Waals surface area contributed by atoms with Crippen molar-refractivity contribution in [3.63, 3.8) is 0 Å². The smallest absolute Gasteiger partial charge is 0.249 e. The number of amides is 2. The van der Waals surface area contributed by atoms with Crippen LogP contribution in [0.25, 0.3) is 0 Å². The molecule has 4 nitrogen and oxygen atoms in total. The summed E-state index contributed by atoms with van der Waals surface area (Å²) in [7, 11) is 0. The van der Waals surface area contributed by atoms with Gasteiger partial charge in [0.05, 0.1) is 10.7 Å². The Morgan fingerprint density at radius 1 is 1.25 bits per heavy atom. The van der Waals surface area contributed by atoms with Crippen molar-refractivity contribution in [2.24, 2.45) is 0 Å². The summed E-state index contributed by atoms with van der Waals surface area (Å²) in [6, 6.07) is 3.50. The number of hydrogen-bond acceptors (Lipinski definition) is 2. The molecule has 2 saturated heterocycles. The molecule has 2 aliphatic rings. The van der Waals surface area contributed by atoms with Crippen LogP contribution in [0.3, 0.4) is 0 Å². The fourth-order valence-electron chi connectivity index (χ4n) is 2.89. The number of carbonyl (C=O) groups is 2. The zero-order valence-corrected chi connectivity index (χ0v) is 11.6. The van der Waals surface area contributed by atoms with Crippen molar-refractivity contribution < 1.29 is 14.0 Å². The second-order valence-corrected chi connectivity index (χ2v) is 5.49. The van der Waals surface area contributed by atoms with Gasteiger partial charge < -0.3 is 9.80 Å². The number of halogens is 2. The van der Waals surface area contributed by atoms with Gasteiger partial charge in [-0.1, -0.05) is 11.6 Å². The molecule has 0 N–H and O–H groups in total. The van der Waals surface area contributed by atoms with Crippen LogP contribution in [0.1, 0.15) is 19.3 Å². The van der Waals surface area contributed by atoms with E-state index in [4.69, 9.17) is 11.6 Å². The predicted molar refractivity (Wildman–Crippen MR) is 73.1 cm³/mol. The number of fused-ring (bicyclic) bond motifs is 1. The number of hydrogen-bond donors (Lipinski definition) is 0. The third kappa shape index (κ3) is 2.16. The first-order valence-corrected chi connectivity index (χ1v) is 7.01. The number of anilines is 1. The number of nitrogens with zero attached hydrogens (tertiary/aromatic N) is 2. The molecule has 1 aromatic carbocycles. The van der Waals surface area contributed by atoms with Gasteiger partial charge in [-0.15, -0.1) is 0 Å². The van der Waals surface area contributed by atoms with Crippen molar-refractivity contribution in [3.8, 4) is 0 Å². The minimum absolute atomic E-state index is 0.0177. The maximum atomic E-state index is 13.4. The van der Waals surface area contributed by atoms with Crippen LogP contribution in [0.2, 0.25) is 5.02 Å². The first kappa shape index (κ1) is 13.4. The SMILES string of the molecule is O=C1C2CCCN2C(=O)CCN1c1cc(F)ccc1Cl. The lowest BCUT2D eigenvalue weighted by Crippen LogP contribution is -2.43. The van der Waals surface area contributed by atoms with E-state index >= 15 is 0 Å². The van der Waals surface area contributed by atoms with Crippen LogP contribution in [-0.4, -0.2) is 35.8 Å². The van der Waals surface area contributed by atoms with E-state index in [1.54, 1.807) is 4.90 Å². The maximum Gasteiger partial charge on any atom is 0.249 e. The normalized spacial score (nSPS) is 23.0. The van der Waals surface area contributed by atoms with Gasteiger partial charge in [-0.25, -0.2) is 4.39 Å². The molecule has 2 aliphatic heterocycles. The van der Waals surface area contributed by atoms with Gasteiger partial charge in [-0.05, 0) is 31.0 Å². The van der Waals surface area contributed by atoms with Gasteiger partial charge >= 0.3 is 0 Å². The largest absolute Gasteiger partial charge is 0.331 e. The van der Waals surface area contributed by atoms with Gasteiger partial charge in [0, 0.05) is 19.5 Å². The molecule has 2 heterocycles. The van der Waals surface area contributed by atoms with Gasteiger partial charge in [0.2, 0.25) is 11.8 Å². The Labute approximate surface area is 121 Å². The van der Waals surface area contributed by atoms with Gasteiger partial charge in [0.1, 0.15) is 11.9 Å². The highest BCUT2D eigenvalue weighted by Crippen LogP contribution is 2.31. The molecule has 1 aromatic rings. The molecule has 2 fully saturated rings. The Morgan fingerprint density at radius 3 is 2.85 bits per heavy atom. The summed E-state index contributed by atoms with van der Waals surface area (Å²) in [6.07, 6.45) is 1.73. The van der Waals surface area contributed by atoms with Crippen LogP contribution in [0.5, 0.6) is 0 Å². The van der Waals surface area contributed by atoms with Gasteiger partial charge in [0.15, 0.2) is 0 Å². The van der Waals surface area contributed by atoms with Crippen LogP contribution >= 0.6 is 11.6 Å². The van der Waals surface area contributed by atoms with E-state index in [1.807, 2.05) is 0 Å². The zero-order chi connectivity index (χ0) is 14.3. The van der Waals surface area contributed by atoms with Crippen LogP contribution in [-0.2, 0) is 9.59 Å². The fraction of sp³-hybridized carbons (Fsp3) is 0.429. The molecular weight excluding hydrogens is 283 g/mol. The highest BCUT2D eigenvalue weighted by molar-refractivity contribution is 6.33. The molecule has 1 unspecified atom stereocenters. The zero-order valence-electron chi connectivity index (χ0n) is 10.8. The van der Waals surface area contributed by atoms with E-state index in [2.05, 4.69) is 0 Å². The minimum Gasteiger partial charge on any atom is -0.331 e. The van der Waals surface area contributed by atoms with E-state index in [1.165, 1.54) is 23.1 Å².